The quantitative estimate of drug-likeness (QED) is 0.702. The number of rotatable bonds is 2. The summed E-state index contributed by atoms with van der Waals surface area (Å²) in [5.41, 5.74) is 4.94. The van der Waals surface area contributed by atoms with E-state index in [1.54, 1.807) is 6.92 Å². The van der Waals surface area contributed by atoms with E-state index in [0.717, 1.165) is 0 Å². The first-order valence-electron chi connectivity index (χ1n) is 3.49. The fourth-order valence-corrected chi connectivity index (χ4v) is 0.454. The molecule has 0 saturated heterocycles. The van der Waals surface area contributed by atoms with Gasteiger partial charge in [0.1, 0.15) is 5.78 Å². The summed E-state index contributed by atoms with van der Waals surface area (Å²) in [7, 11) is 0. The van der Waals surface area contributed by atoms with Crippen LogP contribution in [-0.4, -0.2) is 11.3 Å². The molecule has 0 aromatic rings. The van der Waals surface area contributed by atoms with Crippen molar-refractivity contribution in [3.63, 3.8) is 0 Å². The Morgan fingerprint density at radius 3 is 1.45 bits per heavy atom. The van der Waals surface area contributed by atoms with Crippen molar-refractivity contribution < 1.29 is 4.79 Å². The Bertz CT molecular complexity index is 147. The maximum atomic E-state index is 11.0. The van der Waals surface area contributed by atoms with Crippen molar-refractivity contribution in [3.8, 4) is 0 Å². The van der Waals surface area contributed by atoms with Crippen molar-refractivity contribution in [2.75, 3.05) is 0 Å². The number of carbonyl (C=O) groups excluding carboxylic acids is 1. The summed E-state index contributed by atoms with van der Waals surface area (Å²) in [4.78, 5) is 11.0. The van der Waals surface area contributed by atoms with Crippen LogP contribution in [0.15, 0.2) is 0 Å². The van der Waals surface area contributed by atoms with Gasteiger partial charge in [-0.25, -0.2) is 0 Å². The number of Topliss-reactive ketones (excluding diaryl/α,β-unsaturated/α-hetero) is 1. The molecule has 0 bridgehead atoms. The summed E-state index contributed by atoms with van der Waals surface area (Å²) in [6.45, 7) is 9.06. The first-order valence-corrected chi connectivity index (χ1v) is 3.49. The summed E-state index contributed by atoms with van der Waals surface area (Å²) in [5.74, 6) is 0.139. The Morgan fingerprint density at radius 1 is 1.18 bits per heavy atom. The SMILES string of the molecule is CC(=O)C(C)(C)C(C)(C)N.Cl. The van der Waals surface area contributed by atoms with Crippen LogP contribution in [0.2, 0.25) is 0 Å². The highest BCUT2D eigenvalue weighted by Gasteiger charge is 2.37. The second-order valence-corrected chi connectivity index (χ2v) is 3.90. The summed E-state index contributed by atoms with van der Waals surface area (Å²) in [6, 6.07) is 0. The molecule has 0 aromatic heterocycles. The first-order chi connectivity index (χ1) is 4.19. The van der Waals surface area contributed by atoms with E-state index >= 15 is 0 Å². The highest BCUT2D eigenvalue weighted by molar-refractivity contribution is 5.85. The van der Waals surface area contributed by atoms with Crippen LogP contribution in [-0.2, 0) is 4.79 Å². The number of hydrogen-bond acceptors (Lipinski definition) is 2. The van der Waals surface area contributed by atoms with Gasteiger partial charge in [-0.3, -0.25) is 4.79 Å². The summed E-state index contributed by atoms with van der Waals surface area (Å²) < 4.78 is 0. The lowest BCUT2D eigenvalue weighted by atomic mass is 9.73. The van der Waals surface area contributed by atoms with Gasteiger partial charge in [0.25, 0.3) is 0 Å². The molecule has 68 valence electrons. The van der Waals surface area contributed by atoms with Crippen LogP contribution in [0, 0.1) is 5.41 Å². The number of ketones is 1. The third-order valence-electron chi connectivity index (χ3n) is 2.49. The fraction of sp³-hybridized carbons (Fsp3) is 0.875. The van der Waals surface area contributed by atoms with E-state index in [1.165, 1.54) is 0 Å². The lowest BCUT2D eigenvalue weighted by molar-refractivity contribution is -0.127. The molecule has 0 aliphatic carbocycles. The lowest BCUT2D eigenvalue weighted by Gasteiger charge is -2.35. The molecule has 0 radical (unpaired) electrons. The highest BCUT2D eigenvalue weighted by Crippen LogP contribution is 2.28. The van der Waals surface area contributed by atoms with Crippen LogP contribution in [0.1, 0.15) is 34.6 Å². The van der Waals surface area contributed by atoms with Gasteiger partial charge in [0.15, 0.2) is 0 Å². The van der Waals surface area contributed by atoms with E-state index in [0.29, 0.717) is 0 Å². The average Bonchev–Trinajstić information content (AvgIpc) is 1.62. The maximum absolute atomic E-state index is 11.0. The Kier molecular flexibility index (Phi) is 4.35. The topological polar surface area (TPSA) is 43.1 Å². The second kappa shape index (κ2) is 3.55. The maximum Gasteiger partial charge on any atom is 0.137 e. The van der Waals surface area contributed by atoms with Crippen molar-refractivity contribution in [1.82, 2.24) is 0 Å². The molecule has 0 spiro atoms. The van der Waals surface area contributed by atoms with Crippen LogP contribution in [0.4, 0.5) is 0 Å². The van der Waals surface area contributed by atoms with Crippen LogP contribution in [0.25, 0.3) is 0 Å². The smallest absolute Gasteiger partial charge is 0.137 e. The predicted octanol–water partition coefficient (Wildman–Crippen LogP) is 1.76. The Morgan fingerprint density at radius 2 is 1.45 bits per heavy atom. The molecular weight excluding hydrogens is 162 g/mol. The van der Waals surface area contributed by atoms with Crippen LogP contribution < -0.4 is 5.73 Å². The Hall–Kier alpha value is -0.0800. The highest BCUT2D eigenvalue weighted by atomic mass is 35.5. The fourth-order valence-electron chi connectivity index (χ4n) is 0.454. The zero-order valence-electron chi connectivity index (χ0n) is 7.89. The molecule has 0 saturated carbocycles. The van der Waals surface area contributed by atoms with Crippen LogP contribution >= 0.6 is 12.4 Å². The van der Waals surface area contributed by atoms with Crippen molar-refractivity contribution >= 4 is 18.2 Å². The molecule has 0 unspecified atom stereocenters. The molecule has 0 heterocycles. The van der Waals surface area contributed by atoms with Crippen molar-refractivity contribution in [1.29, 1.82) is 0 Å². The van der Waals surface area contributed by atoms with E-state index in [2.05, 4.69) is 0 Å². The van der Waals surface area contributed by atoms with Gasteiger partial charge in [0.2, 0.25) is 0 Å². The van der Waals surface area contributed by atoms with Crippen LogP contribution in [0.3, 0.4) is 0 Å². The zero-order valence-corrected chi connectivity index (χ0v) is 8.71. The van der Waals surface area contributed by atoms with Gasteiger partial charge in [-0.05, 0) is 20.8 Å². The molecule has 0 fully saturated rings. The molecule has 2 N–H and O–H groups in total. The predicted molar refractivity (Wildman–Crippen MR) is 50.0 cm³/mol. The minimum Gasteiger partial charge on any atom is -0.325 e. The first kappa shape index (κ1) is 13.5. The van der Waals surface area contributed by atoms with E-state index in [9.17, 15) is 4.79 Å². The third-order valence-corrected chi connectivity index (χ3v) is 2.49. The molecule has 3 heteroatoms. The summed E-state index contributed by atoms with van der Waals surface area (Å²) >= 11 is 0. The summed E-state index contributed by atoms with van der Waals surface area (Å²) in [5, 5.41) is 0. The van der Waals surface area contributed by atoms with E-state index in [4.69, 9.17) is 5.73 Å². The largest absolute Gasteiger partial charge is 0.325 e. The van der Waals surface area contributed by atoms with Crippen molar-refractivity contribution in [3.05, 3.63) is 0 Å². The molecule has 0 aliphatic rings. The molecule has 0 atom stereocenters. The van der Waals surface area contributed by atoms with E-state index < -0.39 is 11.0 Å². The third kappa shape index (κ3) is 2.80. The minimum atomic E-state index is -0.432. The molecule has 0 aliphatic heterocycles. The zero-order chi connectivity index (χ0) is 8.58. The van der Waals surface area contributed by atoms with Crippen LogP contribution in [0.5, 0.6) is 0 Å². The molecule has 11 heavy (non-hydrogen) atoms. The van der Waals surface area contributed by atoms with E-state index in [-0.39, 0.29) is 18.2 Å². The number of hydrogen-bond donors (Lipinski definition) is 1. The van der Waals surface area contributed by atoms with Crippen molar-refractivity contribution in [2.45, 2.75) is 40.2 Å². The van der Waals surface area contributed by atoms with Gasteiger partial charge in [-0.1, -0.05) is 13.8 Å². The van der Waals surface area contributed by atoms with Gasteiger partial charge in [-0.2, -0.15) is 0 Å². The Labute approximate surface area is 74.9 Å². The minimum absolute atomic E-state index is 0. The van der Waals surface area contributed by atoms with Gasteiger partial charge < -0.3 is 5.73 Å². The van der Waals surface area contributed by atoms with Gasteiger partial charge in [-0.15, -0.1) is 12.4 Å². The van der Waals surface area contributed by atoms with Gasteiger partial charge in [0, 0.05) is 11.0 Å². The molecule has 0 aromatic carbocycles. The summed E-state index contributed by atoms with van der Waals surface area (Å²) in [6.07, 6.45) is 0. The second-order valence-electron chi connectivity index (χ2n) is 3.90. The van der Waals surface area contributed by atoms with Gasteiger partial charge in [0.05, 0.1) is 0 Å². The molecular formula is C8H18ClNO. The molecule has 2 nitrogen and oxygen atoms in total. The molecule has 0 amide bonds. The monoisotopic (exact) mass is 179 g/mol. The van der Waals surface area contributed by atoms with E-state index in [1.807, 2.05) is 27.7 Å². The normalized spacial score (nSPS) is 12.2. The number of halogens is 1. The standard InChI is InChI=1S/C8H17NO.ClH/c1-6(10)7(2,3)8(4,5)9;/h9H2,1-5H3;1H. The number of carbonyl (C=O) groups is 1. The van der Waals surface area contributed by atoms with Gasteiger partial charge >= 0.3 is 0 Å². The lowest BCUT2D eigenvalue weighted by Crippen LogP contribution is -2.51. The molecule has 0 rings (SSSR count). The van der Waals surface area contributed by atoms with Crippen molar-refractivity contribution in [2.24, 2.45) is 11.1 Å². The number of nitrogens with two attached hydrogens (primary N) is 1. The average molecular weight is 180 g/mol. The Balaban J connectivity index is 0.